The van der Waals surface area contributed by atoms with E-state index in [1.54, 1.807) is 18.2 Å². The van der Waals surface area contributed by atoms with E-state index in [9.17, 15) is 9.59 Å². The molecule has 20 heavy (non-hydrogen) atoms. The van der Waals surface area contributed by atoms with Gasteiger partial charge in [-0.25, -0.2) is 0 Å². The molecule has 0 atom stereocenters. The molecule has 110 valence electrons. The number of carbonyl (C=O) groups excluding carboxylic acids is 2. The lowest BCUT2D eigenvalue weighted by Crippen LogP contribution is -2.41. The molecule has 0 aliphatic rings. The number of hydrogen-bond donors (Lipinski definition) is 3. The van der Waals surface area contributed by atoms with Crippen LogP contribution in [0.1, 0.15) is 24.2 Å². The van der Waals surface area contributed by atoms with Gasteiger partial charge in [0.25, 0.3) is 5.91 Å². The van der Waals surface area contributed by atoms with E-state index in [1.165, 1.54) is 0 Å². The monoisotopic (exact) mass is 342 g/mol. The van der Waals surface area contributed by atoms with Crippen LogP contribution in [0.2, 0.25) is 0 Å². The second-order valence-electron chi connectivity index (χ2n) is 5.29. The number of hydrogen-bond acceptors (Lipinski definition) is 3. The fraction of sp³-hybridized carbons (Fsp3) is 0.429. The normalized spacial score (nSPS) is 11.0. The minimum Gasteiger partial charge on any atom is -0.396 e. The lowest BCUT2D eigenvalue weighted by molar-refractivity contribution is -0.120. The smallest absolute Gasteiger partial charge is 0.251 e. The quantitative estimate of drug-likeness (QED) is 0.729. The molecule has 2 amide bonds. The average molecular weight is 343 g/mol. The van der Waals surface area contributed by atoms with Gasteiger partial charge in [-0.15, -0.1) is 0 Å². The molecule has 0 aromatic heterocycles. The predicted molar refractivity (Wildman–Crippen MR) is 80.4 cm³/mol. The molecule has 0 unspecified atom stereocenters. The van der Waals surface area contributed by atoms with Crippen molar-refractivity contribution in [3.8, 4) is 0 Å². The van der Waals surface area contributed by atoms with Crippen LogP contribution in [0.5, 0.6) is 0 Å². The Hall–Kier alpha value is -1.40. The summed E-state index contributed by atoms with van der Waals surface area (Å²) in [6, 6.07) is 6.93. The Morgan fingerprint density at radius 1 is 1.30 bits per heavy atom. The fourth-order valence-corrected chi connectivity index (χ4v) is 1.75. The molecule has 0 aliphatic carbocycles. The van der Waals surface area contributed by atoms with Gasteiger partial charge in [0.2, 0.25) is 5.91 Å². The number of amides is 2. The van der Waals surface area contributed by atoms with Crippen LogP contribution in [-0.4, -0.2) is 36.6 Å². The standard InChI is InChI=1S/C14H19BrN2O3/c1-14(2,9-18)8-17-12(19)7-16-13(20)10-4-3-5-11(15)6-10/h3-6,18H,7-9H2,1-2H3,(H,16,20)(H,17,19). The molecule has 1 aromatic carbocycles. The third kappa shape index (κ3) is 5.71. The Labute approximate surface area is 126 Å². The summed E-state index contributed by atoms with van der Waals surface area (Å²) in [7, 11) is 0. The van der Waals surface area contributed by atoms with Crippen molar-refractivity contribution in [2.75, 3.05) is 19.7 Å². The van der Waals surface area contributed by atoms with Gasteiger partial charge in [-0.05, 0) is 18.2 Å². The highest BCUT2D eigenvalue weighted by Crippen LogP contribution is 2.12. The van der Waals surface area contributed by atoms with Crippen molar-refractivity contribution in [1.82, 2.24) is 10.6 Å². The highest BCUT2D eigenvalue weighted by Gasteiger charge is 2.17. The maximum Gasteiger partial charge on any atom is 0.251 e. The number of rotatable bonds is 6. The lowest BCUT2D eigenvalue weighted by atomic mass is 9.95. The zero-order valence-electron chi connectivity index (χ0n) is 11.6. The van der Waals surface area contributed by atoms with Crippen LogP contribution in [0.3, 0.4) is 0 Å². The van der Waals surface area contributed by atoms with E-state index >= 15 is 0 Å². The van der Waals surface area contributed by atoms with Gasteiger partial charge < -0.3 is 15.7 Å². The highest BCUT2D eigenvalue weighted by molar-refractivity contribution is 9.10. The van der Waals surface area contributed by atoms with Crippen LogP contribution in [-0.2, 0) is 4.79 Å². The van der Waals surface area contributed by atoms with Gasteiger partial charge in [0, 0.05) is 28.6 Å². The first-order valence-corrected chi connectivity index (χ1v) is 7.05. The summed E-state index contributed by atoms with van der Waals surface area (Å²) < 4.78 is 0.805. The molecule has 1 rings (SSSR count). The molecule has 5 nitrogen and oxygen atoms in total. The average Bonchev–Trinajstić information content (AvgIpc) is 2.42. The Morgan fingerprint density at radius 3 is 2.60 bits per heavy atom. The summed E-state index contributed by atoms with van der Waals surface area (Å²) in [6.45, 7) is 3.93. The van der Waals surface area contributed by atoms with E-state index in [1.807, 2.05) is 19.9 Å². The van der Waals surface area contributed by atoms with E-state index < -0.39 is 0 Å². The van der Waals surface area contributed by atoms with Gasteiger partial charge in [-0.1, -0.05) is 35.8 Å². The van der Waals surface area contributed by atoms with Crippen molar-refractivity contribution in [2.24, 2.45) is 5.41 Å². The predicted octanol–water partition coefficient (Wildman–Crippen LogP) is 1.31. The van der Waals surface area contributed by atoms with E-state index in [2.05, 4.69) is 26.6 Å². The molecule has 0 spiro atoms. The van der Waals surface area contributed by atoms with Gasteiger partial charge in [0.05, 0.1) is 6.54 Å². The molecule has 0 saturated carbocycles. The number of benzene rings is 1. The number of aliphatic hydroxyl groups is 1. The highest BCUT2D eigenvalue weighted by atomic mass is 79.9. The molecule has 1 aromatic rings. The molecule has 0 bridgehead atoms. The summed E-state index contributed by atoms with van der Waals surface area (Å²) in [5, 5.41) is 14.3. The van der Waals surface area contributed by atoms with Crippen LogP contribution >= 0.6 is 15.9 Å². The number of nitrogens with one attached hydrogen (secondary N) is 2. The summed E-state index contributed by atoms with van der Waals surface area (Å²) in [6.07, 6.45) is 0. The number of aliphatic hydroxyl groups excluding tert-OH is 1. The SMILES string of the molecule is CC(C)(CO)CNC(=O)CNC(=O)c1cccc(Br)c1. The summed E-state index contributed by atoms with van der Waals surface area (Å²) in [5.41, 5.74) is 0.118. The lowest BCUT2D eigenvalue weighted by Gasteiger charge is -2.21. The Balaban J connectivity index is 2.40. The van der Waals surface area contributed by atoms with Crippen LogP contribution < -0.4 is 10.6 Å². The third-order valence-electron chi connectivity index (χ3n) is 2.69. The fourth-order valence-electron chi connectivity index (χ4n) is 1.35. The minimum absolute atomic E-state index is 0.0162. The first-order valence-electron chi connectivity index (χ1n) is 6.25. The van der Waals surface area contributed by atoms with Crippen LogP contribution in [0, 0.1) is 5.41 Å². The molecule has 6 heteroatoms. The van der Waals surface area contributed by atoms with E-state index in [0.717, 1.165) is 4.47 Å². The van der Waals surface area contributed by atoms with E-state index in [4.69, 9.17) is 5.11 Å². The minimum atomic E-state index is -0.371. The van der Waals surface area contributed by atoms with Crippen molar-refractivity contribution in [3.63, 3.8) is 0 Å². The maximum absolute atomic E-state index is 11.8. The first kappa shape index (κ1) is 16.7. The second kappa shape index (κ2) is 7.40. The molecule has 0 fully saturated rings. The van der Waals surface area contributed by atoms with E-state index in [-0.39, 0.29) is 30.4 Å². The molecule has 0 aliphatic heterocycles. The summed E-state index contributed by atoms with van der Waals surface area (Å²) in [4.78, 5) is 23.4. The van der Waals surface area contributed by atoms with E-state index in [0.29, 0.717) is 12.1 Å². The molecule has 3 N–H and O–H groups in total. The van der Waals surface area contributed by atoms with Crippen LogP contribution in [0.4, 0.5) is 0 Å². The molecular weight excluding hydrogens is 324 g/mol. The Morgan fingerprint density at radius 2 is 2.00 bits per heavy atom. The largest absolute Gasteiger partial charge is 0.396 e. The summed E-state index contributed by atoms with van der Waals surface area (Å²) in [5.74, 6) is -0.585. The van der Waals surface area contributed by atoms with Gasteiger partial charge in [-0.2, -0.15) is 0 Å². The van der Waals surface area contributed by atoms with Crippen molar-refractivity contribution >= 4 is 27.7 Å². The van der Waals surface area contributed by atoms with Gasteiger partial charge in [0.1, 0.15) is 0 Å². The Bertz CT molecular complexity index is 489. The topological polar surface area (TPSA) is 78.4 Å². The van der Waals surface area contributed by atoms with Crippen molar-refractivity contribution in [2.45, 2.75) is 13.8 Å². The van der Waals surface area contributed by atoms with Gasteiger partial charge in [-0.3, -0.25) is 9.59 Å². The van der Waals surface area contributed by atoms with Crippen molar-refractivity contribution in [3.05, 3.63) is 34.3 Å². The Kier molecular flexibility index (Phi) is 6.16. The number of halogens is 1. The van der Waals surface area contributed by atoms with Gasteiger partial charge >= 0.3 is 0 Å². The second-order valence-corrected chi connectivity index (χ2v) is 6.21. The zero-order valence-corrected chi connectivity index (χ0v) is 13.2. The van der Waals surface area contributed by atoms with Crippen molar-refractivity contribution < 1.29 is 14.7 Å². The first-order chi connectivity index (χ1) is 9.34. The molecule has 0 heterocycles. The van der Waals surface area contributed by atoms with Crippen molar-refractivity contribution in [1.29, 1.82) is 0 Å². The third-order valence-corrected chi connectivity index (χ3v) is 3.18. The van der Waals surface area contributed by atoms with Crippen LogP contribution in [0.25, 0.3) is 0 Å². The zero-order chi connectivity index (χ0) is 15.2. The molecular formula is C14H19BrN2O3. The molecule has 0 radical (unpaired) electrons. The number of carbonyl (C=O) groups is 2. The summed E-state index contributed by atoms with van der Waals surface area (Å²) >= 11 is 3.28. The van der Waals surface area contributed by atoms with Gasteiger partial charge in [0.15, 0.2) is 0 Å². The maximum atomic E-state index is 11.8. The molecule has 0 saturated heterocycles. The van der Waals surface area contributed by atoms with Crippen LogP contribution in [0.15, 0.2) is 28.7 Å².